The molecular formula is C17H23N3O2. The lowest BCUT2D eigenvalue weighted by molar-refractivity contribution is -0.122. The molecule has 1 heterocycles. The molecule has 1 aromatic rings. The Bertz CT molecular complexity index is 571. The fourth-order valence-electron chi connectivity index (χ4n) is 2.85. The second kappa shape index (κ2) is 6.53. The van der Waals surface area contributed by atoms with Crippen molar-refractivity contribution in [2.45, 2.75) is 51.1 Å². The zero-order valence-electron chi connectivity index (χ0n) is 13.0. The predicted molar refractivity (Wildman–Crippen MR) is 81.9 cm³/mol. The number of furan rings is 1. The summed E-state index contributed by atoms with van der Waals surface area (Å²) >= 11 is 0. The normalized spacial score (nSPS) is 23.3. The second-order valence-electron chi connectivity index (χ2n) is 6.52. The molecule has 5 nitrogen and oxygen atoms in total. The molecule has 118 valence electrons. The molecule has 3 rings (SSSR count). The average molecular weight is 301 g/mol. The highest BCUT2D eigenvalue weighted by molar-refractivity contribution is 5.78. The molecule has 2 saturated carbocycles. The van der Waals surface area contributed by atoms with Crippen molar-refractivity contribution in [2.24, 2.45) is 5.92 Å². The van der Waals surface area contributed by atoms with Gasteiger partial charge in [-0.05, 0) is 37.3 Å². The first kappa shape index (κ1) is 15.1. The summed E-state index contributed by atoms with van der Waals surface area (Å²) in [6, 6.07) is 6.66. The van der Waals surface area contributed by atoms with Crippen LogP contribution in [0.25, 0.3) is 0 Å². The topological polar surface area (TPSA) is 69.3 Å². The van der Waals surface area contributed by atoms with Crippen molar-refractivity contribution in [3.05, 3.63) is 23.7 Å². The van der Waals surface area contributed by atoms with Gasteiger partial charge in [-0.15, -0.1) is 0 Å². The lowest BCUT2D eigenvalue weighted by Gasteiger charge is -2.20. The summed E-state index contributed by atoms with van der Waals surface area (Å²) in [7, 11) is 0. The number of rotatable bonds is 8. The van der Waals surface area contributed by atoms with E-state index in [2.05, 4.69) is 23.2 Å². The van der Waals surface area contributed by atoms with E-state index in [1.54, 1.807) is 0 Å². The number of nitrogens with one attached hydrogen (secondary N) is 1. The van der Waals surface area contributed by atoms with E-state index in [1.807, 2.05) is 12.1 Å². The lowest BCUT2D eigenvalue weighted by atomic mass is 10.3. The van der Waals surface area contributed by atoms with Gasteiger partial charge in [0.25, 0.3) is 0 Å². The molecule has 1 N–H and O–H groups in total. The van der Waals surface area contributed by atoms with Gasteiger partial charge in [0.2, 0.25) is 5.91 Å². The molecule has 0 saturated heterocycles. The van der Waals surface area contributed by atoms with Crippen LogP contribution >= 0.6 is 0 Å². The Kier molecular flexibility index (Phi) is 4.49. The van der Waals surface area contributed by atoms with E-state index in [1.165, 1.54) is 6.42 Å². The highest BCUT2D eigenvalue weighted by Gasteiger charge is 2.37. The summed E-state index contributed by atoms with van der Waals surface area (Å²) in [4.78, 5) is 14.1. The maximum atomic E-state index is 11.9. The largest absolute Gasteiger partial charge is 0.464 e. The number of nitriles is 1. The maximum Gasteiger partial charge on any atom is 0.234 e. The summed E-state index contributed by atoms with van der Waals surface area (Å²) in [5.41, 5.74) is 0. The van der Waals surface area contributed by atoms with Gasteiger partial charge in [0.05, 0.1) is 25.6 Å². The number of hydrogen-bond donors (Lipinski definition) is 1. The Morgan fingerprint density at radius 1 is 1.50 bits per heavy atom. The van der Waals surface area contributed by atoms with Gasteiger partial charge < -0.3 is 9.73 Å². The van der Waals surface area contributed by atoms with E-state index in [9.17, 15) is 4.79 Å². The molecule has 0 radical (unpaired) electrons. The van der Waals surface area contributed by atoms with Crippen LogP contribution in [-0.4, -0.2) is 29.9 Å². The standard InChI is InChI=1S/C17H23N3O2/c1-12-9-15(12)16-6-5-14(22-16)10-20(13-3-4-13)11-17(21)19-8-2-7-18/h5-6,12-13,15H,2-4,8-11H2,1H3,(H,19,21)/t12-,15-/m0/s1. The number of carbonyl (C=O) groups is 1. The number of carbonyl (C=O) groups excluding carboxylic acids is 1. The maximum absolute atomic E-state index is 11.9. The Morgan fingerprint density at radius 2 is 2.27 bits per heavy atom. The van der Waals surface area contributed by atoms with Gasteiger partial charge in [0.1, 0.15) is 11.5 Å². The van der Waals surface area contributed by atoms with Crippen LogP contribution in [0.15, 0.2) is 16.5 Å². The zero-order chi connectivity index (χ0) is 15.5. The Hall–Kier alpha value is -1.80. The van der Waals surface area contributed by atoms with Gasteiger partial charge in [-0.2, -0.15) is 5.26 Å². The summed E-state index contributed by atoms with van der Waals surface area (Å²) in [5.74, 6) is 3.37. The minimum absolute atomic E-state index is 0.00950. The lowest BCUT2D eigenvalue weighted by Crippen LogP contribution is -2.38. The van der Waals surface area contributed by atoms with Gasteiger partial charge in [0, 0.05) is 18.5 Å². The average Bonchev–Trinajstić information content (AvgIpc) is 3.40. The molecule has 1 amide bonds. The molecule has 0 spiro atoms. The predicted octanol–water partition coefficient (Wildman–Crippen LogP) is 2.40. The van der Waals surface area contributed by atoms with Crippen LogP contribution in [0.1, 0.15) is 50.0 Å². The molecule has 0 aromatic carbocycles. The quantitative estimate of drug-likeness (QED) is 0.749. The second-order valence-corrected chi connectivity index (χ2v) is 6.52. The molecule has 0 aliphatic heterocycles. The van der Waals surface area contributed by atoms with Gasteiger partial charge in [-0.1, -0.05) is 6.92 Å². The van der Waals surface area contributed by atoms with Crippen LogP contribution < -0.4 is 5.32 Å². The van der Waals surface area contributed by atoms with E-state index in [0.29, 0.717) is 38.0 Å². The van der Waals surface area contributed by atoms with E-state index in [0.717, 1.165) is 30.3 Å². The molecule has 22 heavy (non-hydrogen) atoms. The van der Waals surface area contributed by atoms with Gasteiger partial charge >= 0.3 is 0 Å². The smallest absolute Gasteiger partial charge is 0.234 e. The molecule has 2 fully saturated rings. The highest BCUT2D eigenvalue weighted by atomic mass is 16.3. The first-order chi connectivity index (χ1) is 10.7. The van der Waals surface area contributed by atoms with E-state index in [-0.39, 0.29) is 5.91 Å². The van der Waals surface area contributed by atoms with Crippen LogP contribution in [0.5, 0.6) is 0 Å². The Balaban J connectivity index is 1.52. The molecule has 2 aliphatic rings. The zero-order valence-corrected chi connectivity index (χ0v) is 13.0. The van der Waals surface area contributed by atoms with E-state index in [4.69, 9.17) is 9.68 Å². The fraction of sp³-hybridized carbons (Fsp3) is 0.647. The first-order valence-electron chi connectivity index (χ1n) is 8.13. The van der Waals surface area contributed by atoms with Crippen LogP contribution in [0.2, 0.25) is 0 Å². The van der Waals surface area contributed by atoms with Gasteiger partial charge in [0.15, 0.2) is 0 Å². The van der Waals surface area contributed by atoms with Crippen molar-refractivity contribution >= 4 is 5.91 Å². The van der Waals surface area contributed by atoms with Gasteiger partial charge in [-0.25, -0.2) is 0 Å². The molecule has 5 heteroatoms. The van der Waals surface area contributed by atoms with Crippen LogP contribution in [-0.2, 0) is 11.3 Å². The van der Waals surface area contributed by atoms with Crippen molar-refractivity contribution in [3.8, 4) is 6.07 Å². The SMILES string of the molecule is C[C@H]1C[C@@H]1c1ccc(CN(CC(=O)NCCC#N)C2CC2)o1. The first-order valence-corrected chi connectivity index (χ1v) is 8.13. The fourth-order valence-corrected chi connectivity index (χ4v) is 2.85. The number of amides is 1. The monoisotopic (exact) mass is 301 g/mol. The van der Waals surface area contributed by atoms with E-state index >= 15 is 0 Å². The third kappa shape index (κ3) is 3.89. The van der Waals surface area contributed by atoms with Crippen molar-refractivity contribution in [3.63, 3.8) is 0 Å². The third-order valence-corrected chi connectivity index (χ3v) is 4.49. The Morgan fingerprint density at radius 3 is 2.91 bits per heavy atom. The molecule has 0 bridgehead atoms. The summed E-state index contributed by atoms with van der Waals surface area (Å²) in [5, 5.41) is 11.3. The highest BCUT2D eigenvalue weighted by Crippen LogP contribution is 2.47. The molecule has 0 unspecified atom stereocenters. The van der Waals surface area contributed by atoms with Crippen LogP contribution in [0, 0.1) is 17.2 Å². The third-order valence-electron chi connectivity index (χ3n) is 4.49. The minimum atomic E-state index is -0.00950. The minimum Gasteiger partial charge on any atom is -0.464 e. The van der Waals surface area contributed by atoms with E-state index < -0.39 is 0 Å². The molecule has 2 atom stereocenters. The molecule has 2 aliphatic carbocycles. The number of hydrogen-bond acceptors (Lipinski definition) is 4. The van der Waals surface area contributed by atoms with Gasteiger partial charge in [-0.3, -0.25) is 9.69 Å². The number of nitrogens with zero attached hydrogens (tertiary/aromatic N) is 2. The summed E-state index contributed by atoms with van der Waals surface area (Å²) in [6.45, 7) is 3.75. The molecular weight excluding hydrogens is 278 g/mol. The van der Waals surface area contributed by atoms with Crippen molar-refractivity contribution in [1.82, 2.24) is 10.2 Å². The Labute approximate surface area is 131 Å². The van der Waals surface area contributed by atoms with Crippen LogP contribution in [0.3, 0.4) is 0 Å². The van der Waals surface area contributed by atoms with Crippen molar-refractivity contribution < 1.29 is 9.21 Å². The molecule has 1 aromatic heterocycles. The van der Waals surface area contributed by atoms with Crippen molar-refractivity contribution in [2.75, 3.05) is 13.1 Å². The summed E-state index contributed by atoms with van der Waals surface area (Å²) < 4.78 is 5.95. The summed E-state index contributed by atoms with van der Waals surface area (Å²) in [6.07, 6.45) is 3.88. The van der Waals surface area contributed by atoms with Crippen LogP contribution in [0.4, 0.5) is 0 Å². The van der Waals surface area contributed by atoms with Crippen molar-refractivity contribution in [1.29, 1.82) is 5.26 Å².